The summed E-state index contributed by atoms with van der Waals surface area (Å²) in [6.07, 6.45) is 1.55. The van der Waals surface area contributed by atoms with Crippen LogP contribution in [0.25, 0.3) is 10.8 Å². The smallest absolute Gasteiger partial charge is 0.258 e. The molecule has 0 aliphatic rings. The summed E-state index contributed by atoms with van der Waals surface area (Å²) < 4.78 is 29.6. The first-order chi connectivity index (χ1) is 12.7. The minimum Gasteiger partial charge on any atom is -0.335 e. The van der Waals surface area contributed by atoms with Crippen LogP contribution in [-0.2, 0) is 7.05 Å². The van der Waals surface area contributed by atoms with Gasteiger partial charge in [0, 0.05) is 30.3 Å². The van der Waals surface area contributed by atoms with Gasteiger partial charge in [-0.2, -0.15) is 0 Å². The van der Waals surface area contributed by atoms with Crippen molar-refractivity contribution in [3.05, 3.63) is 80.2 Å². The van der Waals surface area contributed by atoms with Crippen LogP contribution in [0.1, 0.15) is 28.9 Å². The van der Waals surface area contributed by atoms with Crippen LogP contribution in [0.15, 0.2) is 51.9 Å². The highest BCUT2D eigenvalue weighted by molar-refractivity contribution is 9.10. The molecule has 0 spiro atoms. The lowest BCUT2D eigenvalue weighted by molar-refractivity contribution is 0.0743. The Morgan fingerprint density at radius 3 is 2.26 bits per heavy atom. The number of nitrogens with zero attached hydrogens (tertiary/aromatic N) is 2. The first-order valence-corrected chi connectivity index (χ1v) is 9.01. The number of carbonyl (C=O) groups excluding carboxylic acids is 1. The molecule has 0 saturated carbocycles. The van der Waals surface area contributed by atoms with Crippen LogP contribution in [-0.4, -0.2) is 22.4 Å². The standard InChI is InChI=1S/C20H17BrF2N2O2/c1-11(25(3)19(26)12-4-6-13(21)7-5-12)16-10-24(2)20(27)15-9-18(23)17(22)8-14(15)16/h4-11H,1-3H3/t11-/m0/s1. The van der Waals surface area contributed by atoms with E-state index >= 15 is 0 Å². The monoisotopic (exact) mass is 434 g/mol. The zero-order valence-corrected chi connectivity index (χ0v) is 16.5. The topological polar surface area (TPSA) is 42.3 Å². The lowest BCUT2D eigenvalue weighted by Gasteiger charge is -2.27. The second-order valence-corrected chi connectivity index (χ2v) is 7.33. The van der Waals surface area contributed by atoms with Crippen molar-refractivity contribution in [2.24, 2.45) is 7.05 Å². The number of benzene rings is 2. The van der Waals surface area contributed by atoms with E-state index in [-0.39, 0.29) is 11.3 Å². The molecule has 1 aromatic heterocycles. The number of carbonyl (C=O) groups is 1. The third-order valence-electron chi connectivity index (χ3n) is 4.70. The molecule has 1 amide bonds. The van der Waals surface area contributed by atoms with Crippen molar-refractivity contribution in [3.8, 4) is 0 Å². The van der Waals surface area contributed by atoms with Crippen LogP contribution in [0.4, 0.5) is 8.78 Å². The average Bonchev–Trinajstić information content (AvgIpc) is 2.65. The first-order valence-electron chi connectivity index (χ1n) is 8.21. The Hall–Kier alpha value is -2.54. The normalized spacial score (nSPS) is 12.2. The predicted octanol–water partition coefficient (Wildman–Crippen LogP) is 4.41. The number of hydrogen-bond acceptors (Lipinski definition) is 2. The molecule has 4 nitrogen and oxygen atoms in total. The number of pyridine rings is 1. The fourth-order valence-electron chi connectivity index (χ4n) is 3.00. The average molecular weight is 435 g/mol. The van der Waals surface area contributed by atoms with E-state index in [0.717, 1.165) is 16.6 Å². The van der Waals surface area contributed by atoms with Crippen LogP contribution in [0.2, 0.25) is 0 Å². The molecule has 1 heterocycles. The quantitative estimate of drug-likeness (QED) is 0.612. The van der Waals surface area contributed by atoms with Crippen molar-refractivity contribution in [2.75, 3.05) is 7.05 Å². The van der Waals surface area contributed by atoms with E-state index in [2.05, 4.69) is 15.9 Å². The summed E-state index contributed by atoms with van der Waals surface area (Å²) in [4.78, 5) is 26.6. The van der Waals surface area contributed by atoms with Crippen molar-refractivity contribution < 1.29 is 13.6 Å². The van der Waals surface area contributed by atoms with Crippen LogP contribution in [0.3, 0.4) is 0 Å². The van der Waals surface area contributed by atoms with Crippen LogP contribution >= 0.6 is 15.9 Å². The molecule has 3 aromatic rings. The minimum absolute atomic E-state index is 0.0743. The van der Waals surface area contributed by atoms with E-state index in [9.17, 15) is 18.4 Å². The Morgan fingerprint density at radius 1 is 1.11 bits per heavy atom. The number of aryl methyl sites for hydroxylation is 1. The summed E-state index contributed by atoms with van der Waals surface area (Å²) in [5.74, 6) is -2.34. The zero-order chi connectivity index (χ0) is 19.9. The van der Waals surface area contributed by atoms with Gasteiger partial charge in [0.25, 0.3) is 11.5 Å². The molecule has 3 rings (SSSR count). The summed E-state index contributed by atoms with van der Waals surface area (Å²) in [5, 5.41) is 0.366. The van der Waals surface area contributed by atoms with E-state index in [1.807, 2.05) is 0 Å². The maximum Gasteiger partial charge on any atom is 0.258 e. The van der Waals surface area contributed by atoms with E-state index in [1.165, 1.54) is 16.5 Å². The molecule has 2 aromatic carbocycles. The van der Waals surface area contributed by atoms with Crippen molar-refractivity contribution >= 4 is 32.6 Å². The molecule has 0 saturated heterocycles. The summed E-state index contributed by atoms with van der Waals surface area (Å²) >= 11 is 3.33. The summed E-state index contributed by atoms with van der Waals surface area (Å²) in [5.41, 5.74) is 0.625. The highest BCUT2D eigenvalue weighted by Gasteiger charge is 2.23. The predicted molar refractivity (Wildman–Crippen MR) is 104 cm³/mol. The maximum absolute atomic E-state index is 13.8. The van der Waals surface area contributed by atoms with Gasteiger partial charge in [-0.3, -0.25) is 9.59 Å². The van der Waals surface area contributed by atoms with E-state index in [0.29, 0.717) is 16.5 Å². The molecule has 7 heteroatoms. The largest absolute Gasteiger partial charge is 0.335 e. The molecule has 0 aliphatic heterocycles. The fourth-order valence-corrected chi connectivity index (χ4v) is 3.27. The molecule has 0 radical (unpaired) electrons. The molecule has 0 aliphatic carbocycles. The second kappa shape index (κ2) is 7.23. The van der Waals surface area contributed by atoms with Crippen molar-refractivity contribution in [3.63, 3.8) is 0 Å². The van der Waals surface area contributed by atoms with Crippen molar-refractivity contribution in [1.82, 2.24) is 9.47 Å². The Labute approximate surface area is 163 Å². The van der Waals surface area contributed by atoms with Gasteiger partial charge in [0.05, 0.1) is 11.4 Å². The molecule has 140 valence electrons. The molecule has 0 unspecified atom stereocenters. The lowest BCUT2D eigenvalue weighted by atomic mass is 10.0. The number of amides is 1. The van der Waals surface area contributed by atoms with E-state index < -0.39 is 23.2 Å². The molecule has 27 heavy (non-hydrogen) atoms. The van der Waals surface area contributed by atoms with Gasteiger partial charge in [-0.15, -0.1) is 0 Å². The number of fused-ring (bicyclic) bond motifs is 1. The minimum atomic E-state index is -1.08. The van der Waals surface area contributed by atoms with Gasteiger partial charge in [0.2, 0.25) is 0 Å². The molecule has 1 atom stereocenters. The molecular weight excluding hydrogens is 418 g/mol. The Morgan fingerprint density at radius 2 is 1.67 bits per heavy atom. The van der Waals surface area contributed by atoms with Gasteiger partial charge < -0.3 is 9.47 Å². The molecular formula is C20H17BrF2N2O2. The number of aromatic nitrogens is 1. The van der Waals surface area contributed by atoms with Gasteiger partial charge in [0.1, 0.15) is 0 Å². The SMILES string of the molecule is C[C@@H](c1cn(C)c(=O)c2cc(F)c(F)cc12)N(C)C(=O)c1ccc(Br)cc1. The molecule has 0 N–H and O–H groups in total. The van der Waals surface area contributed by atoms with Crippen molar-refractivity contribution in [1.29, 1.82) is 0 Å². The second-order valence-electron chi connectivity index (χ2n) is 6.41. The van der Waals surface area contributed by atoms with Crippen LogP contribution < -0.4 is 5.56 Å². The van der Waals surface area contributed by atoms with Gasteiger partial charge in [-0.25, -0.2) is 8.78 Å². The Bertz CT molecular complexity index is 1090. The summed E-state index contributed by atoms with van der Waals surface area (Å²) in [6.45, 7) is 1.78. The number of rotatable bonds is 3. The number of halogens is 3. The van der Waals surface area contributed by atoms with Gasteiger partial charge in [-0.1, -0.05) is 15.9 Å². The Balaban J connectivity index is 2.09. The Kier molecular flexibility index (Phi) is 5.15. The highest BCUT2D eigenvalue weighted by atomic mass is 79.9. The van der Waals surface area contributed by atoms with E-state index in [4.69, 9.17) is 0 Å². The van der Waals surface area contributed by atoms with Gasteiger partial charge >= 0.3 is 0 Å². The summed E-state index contributed by atoms with van der Waals surface area (Å²) in [6, 6.07) is 8.37. The zero-order valence-electron chi connectivity index (χ0n) is 15.0. The third-order valence-corrected chi connectivity index (χ3v) is 5.23. The lowest BCUT2D eigenvalue weighted by Crippen LogP contribution is -2.31. The summed E-state index contributed by atoms with van der Waals surface area (Å²) in [7, 11) is 3.17. The molecule has 0 fully saturated rings. The molecule has 0 bridgehead atoms. The first kappa shape index (κ1) is 19.2. The van der Waals surface area contributed by atoms with Crippen molar-refractivity contribution in [2.45, 2.75) is 13.0 Å². The van der Waals surface area contributed by atoms with Crippen LogP contribution in [0, 0.1) is 11.6 Å². The number of hydrogen-bond donors (Lipinski definition) is 0. The maximum atomic E-state index is 13.8. The van der Waals surface area contributed by atoms with Crippen LogP contribution in [0.5, 0.6) is 0 Å². The third kappa shape index (κ3) is 3.51. The van der Waals surface area contributed by atoms with Gasteiger partial charge in [0.15, 0.2) is 11.6 Å². The highest BCUT2D eigenvalue weighted by Crippen LogP contribution is 2.28. The van der Waals surface area contributed by atoms with E-state index in [1.54, 1.807) is 44.4 Å². The van der Waals surface area contributed by atoms with Gasteiger partial charge in [-0.05, 0) is 54.3 Å². The fraction of sp³-hybridized carbons (Fsp3) is 0.200.